The summed E-state index contributed by atoms with van der Waals surface area (Å²) in [5.41, 5.74) is 2.72. The van der Waals surface area contributed by atoms with Crippen LogP contribution in [-0.2, 0) is 4.79 Å². The molecule has 2 aliphatic rings. The molecule has 2 heteroatoms. The Labute approximate surface area is 79.4 Å². The normalized spacial score (nSPS) is 43.8. The second-order valence-corrected chi connectivity index (χ2v) is 5.03. The molecule has 1 fully saturated rings. The highest BCUT2D eigenvalue weighted by Gasteiger charge is 2.61. The van der Waals surface area contributed by atoms with Gasteiger partial charge in [-0.05, 0) is 40.5 Å². The van der Waals surface area contributed by atoms with E-state index in [0.717, 1.165) is 12.8 Å². The summed E-state index contributed by atoms with van der Waals surface area (Å²) < 4.78 is 0. The fourth-order valence-electron chi connectivity index (χ4n) is 2.59. The van der Waals surface area contributed by atoms with Crippen LogP contribution in [0.15, 0.2) is 11.1 Å². The second-order valence-electron chi connectivity index (χ2n) is 5.03. The van der Waals surface area contributed by atoms with Crippen molar-refractivity contribution in [2.45, 2.75) is 46.1 Å². The molecule has 1 N–H and O–H groups in total. The highest BCUT2D eigenvalue weighted by Crippen LogP contribution is 2.51. The molecule has 1 saturated heterocycles. The van der Waals surface area contributed by atoms with E-state index in [1.165, 1.54) is 11.1 Å². The molecule has 1 aliphatic carbocycles. The third-order valence-corrected chi connectivity index (χ3v) is 4.07. The Hall–Kier alpha value is -0.790. The molecule has 0 radical (unpaired) electrons. The molecule has 0 aromatic rings. The van der Waals surface area contributed by atoms with Crippen LogP contribution in [0.25, 0.3) is 0 Å². The first-order valence-electron chi connectivity index (χ1n) is 4.87. The minimum Gasteiger partial charge on any atom is -0.349 e. The smallest absolute Gasteiger partial charge is 0.229 e. The Morgan fingerprint density at radius 2 is 1.69 bits per heavy atom. The lowest BCUT2D eigenvalue weighted by Crippen LogP contribution is -2.75. The maximum absolute atomic E-state index is 11.5. The molecule has 0 spiro atoms. The van der Waals surface area contributed by atoms with E-state index >= 15 is 0 Å². The standard InChI is InChI=1S/C11H17NO/c1-7-5-10(3)9(13)12-11(10,4)6-8(7)2/h5-6H2,1-4H3,(H,12,13)/t10-,11-/m0/s1. The van der Waals surface area contributed by atoms with Gasteiger partial charge in [0.15, 0.2) is 0 Å². The van der Waals surface area contributed by atoms with Crippen molar-refractivity contribution in [1.82, 2.24) is 5.32 Å². The van der Waals surface area contributed by atoms with Crippen molar-refractivity contribution in [2.24, 2.45) is 5.41 Å². The Balaban J connectivity index is 2.40. The quantitative estimate of drug-likeness (QED) is 0.447. The molecular weight excluding hydrogens is 162 g/mol. The van der Waals surface area contributed by atoms with Crippen molar-refractivity contribution in [3.8, 4) is 0 Å². The van der Waals surface area contributed by atoms with E-state index in [4.69, 9.17) is 0 Å². The summed E-state index contributed by atoms with van der Waals surface area (Å²) in [5, 5.41) is 3.04. The molecule has 0 aromatic heterocycles. The largest absolute Gasteiger partial charge is 0.349 e. The van der Waals surface area contributed by atoms with Gasteiger partial charge in [0, 0.05) is 0 Å². The fraction of sp³-hybridized carbons (Fsp3) is 0.727. The van der Waals surface area contributed by atoms with Gasteiger partial charge in [-0.3, -0.25) is 4.79 Å². The predicted octanol–water partition coefficient (Wildman–Crippen LogP) is 2.01. The maximum atomic E-state index is 11.5. The molecular formula is C11H17NO. The number of carbonyl (C=O) groups excluding carboxylic acids is 1. The summed E-state index contributed by atoms with van der Waals surface area (Å²) in [6, 6.07) is 0. The number of allylic oxidation sites excluding steroid dienone is 1. The maximum Gasteiger partial charge on any atom is 0.229 e. The van der Waals surface area contributed by atoms with Gasteiger partial charge < -0.3 is 5.32 Å². The summed E-state index contributed by atoms with van der Waals surface area (Å²) in [5.74, 6) is 0.224. The van der Waals surface area contributed by atoms with Gasteiger partial charge in [0.1, 0.15) is 0 Å². The Morgan fingerprint density at radius 3 is 2.23 bits per heavy atom. The van der Waals surface area contributed by atoms with Crippen LogP contribution in [0.3, 0.4) is 0 Å². The van der Waals surface area contributed by atoms with Gasteiger partial charge in [0.05, 0.1) is 11.0 Å². The topological polar surface area (TPSA) is 29.1 Å². The number of rotatable bonds is 0. The van der Waals surface area contributed by atoms with Crippen LogP contribution in [0, 0.1) is 5.41 Å². The Kier molecular flexibility index (Phi) is 1.47. The van der Waals surface area contributed by atoms with Gasteiger partial charge >= 0.3 is 0 Å². The monoisotopic (exact) mass is 179 g/mol. The van der Waals surface area contributed by atoms with Crippen LogP contribution >= 0.6 is 0 Å². The van der Waals surface area contributed by atoms with E-state index in [1.54, 1.807) is 0 Å². The van der Waals surface area contributed by atoms with Gasteiger partial charge in [-0.2, -0.15) is 0 Å². The molecule has 1 heterocycles. The van der Waals surface area contributed by atoms with Gasteiger partial charge in [-0.25, -0.2) is 0 Å². The van der Waals surface area contributed by atoms with Crippen LogP contribution in [0.1, 0.15) is 40.5 Å². The first-order valence-corrected chi connectivity index (χ1v) is 4.87. The third kappa shape index (κ3) is 0.862. The summed E-state index contributed by atoms with van der Waals surface area (Å²) in [6.07, 6.45) is 1.95. The first kappa shape index (κ1) is 8.79. The number of β-lactam (4-membered cyclic amide) rings is 1. The molecule has 0 bridgehead atoms. The van der Waals surface area contributed by atoms with Crippen molar-refractivity contribution in [2.75, 3.05) is 0 Å². The highest BCUT2D eigenvalue weighted by molar-refractivity contribution is 5.92. The van der Waals surface area contributed by atoms with Gasteiger partial charge in [0.25, 0.3) is 0 Å². The third-order valence-electron chi connectivity index (χ3n) is 4.07. The van der Waals surface area contributed by atoms with E-state index in [9.17, 15) is 4.79 Å². The predicted molar refractivity (Wildman–Crippen MR) is 52.3 cm³/mol. The van der Waals surface area contributed by atoms with Crippen molar-refractivity contribution in [3.63, 3.8) is 0 Å². The second kappa shape index (κ2) is 2.17. The van der Waals surface area contributed by atoms with E-state index in [2.05, 4.69) is 33.0 Å². The van der Waals surface area contributed by atoms with Crippen LogP contribution in [0.5, 0.6) is 0 Å². The van der Waals surface area contributed by atoms with Crippen LogP contribution in [-0.4, -0.2) is 11.4 Å². The van der Waals surface area contributed by atoms with Crippen molar-refractivity contribution >= 4 is 5.91 Å². The van der Waals surface area contributed by atoms with Crippen LogP contribution in [0.2, 0.25) is 0 Å². The lowest BCUT2D eigenvalue weighted by Gasteiger charge is -2.58. The van der Waals surface area contributed by atoms with E-state index < -0.39 is 0 Å². The zero-order valence-corrected chi connectivity index (χ0v) is 8.82. The van der Waals surface area contributed by atoms with Gasteiger partial charge in [-0.15, -0.1) is 0 Å². The van der Waals surface area contributed by atoms with Crippen LogP contribution in [0.4, 0.5) is 0 Å². The van der Waals surface area contributed by atoms with Crippen molar-refractivity contribution in [1.29, 1.82) is 0 Å². The summed E-state index contributed by atoms with van der Waals surface area (Å²) in [6.45, 7) is 8.56. The number of carbonyl (C=O) groups is 1. The van der Waals surface area contributed by atoms with E-state index in [-0.39, 0.29) is 16.9 Å². The lowest BCUT2D eigenvalue weighted by atomic mass is 9.56. The van der Waals surface area contributed by atoms with Gasteiger partial charge in [0.2, 0.25) is 5.91 Å². The zero-order valence-electron chi connectivity index (χ0n) is 8.82. The Morgan fingerprint density at radius 1 is 1.15 bits per heavy atom. The molecule has 0 unspecified atom stereocenters. The molecule has 72 valence electrons. The van der Waals surface area contributed by atoms with E-state index in [1.807, 2.05) is 0 Å². The Bertz CT molecular complexity index is 318. The molecule has 0 saturated carbocycles. The zero-order chi connectivity index (χ0) is 9.85. The molecule has 1 amide bonds. The molecule has 13 heavy (non-hydrogen) atoms. The molecule has 2 atom stereocenters. The number of nitrogens with one attached hydrogen (secondary N) is 1. The number of fused-ring (bicyclic) bond motifs is 1. The van der Waals surface area contributed by atoms with Crippen LogP contribution < -0.4 is 5.32 Å². The molecule has 2 rings (SSSR count). The average molecular weight is 179 g/mol. The number of hydrogen-bond acceptors (Lipinski definition) is 1. The fourth-order valence-corrected chi connectivity index (χ4v) is 2.59. The number of amides is 1. The minimum absolute atomic E-state index is 0.0215. The molecule has 0 aromatic carbocycles. The molecule has 1 aliphatic heterocycles. The van der Waals surface area contributed by atoms with Gasteiger partial charge in [-0.1, -0.05) is 11.1 Å². The van der Waals surface area contributed by atoms with E-state index in [0.29, 0.717) is 0 Å². The van der Waals surface area contributed by atoms with Crippen molar-refractivity contribution in [3.05, 3.63) is 11.1 Å². The lowest BCUT2D eigenvalue weighted by molar-refractivity contribution is -0.154. The summed E-state index contributed by atoms with van der Waals surface area (Å²) in [7, 11) is 0. The average Bonchev–Trinajstić information content (AvgIpc) is 2.01. The SMILES string of the molecule is CC1=C(C)C[C@]2(C)NC(=O)[C@]2(C)C1. The number of hydrogen-bond donors (Lipinski definition) is 1. The molecule has 2 nitrogen and oxygen atoms in total. The minimum atomic E-state index is -0.142. The van der Waals surface area contributed by atoms with Crippen molar-refractivity contribution < 1.29 is 4.79 Å². The summed E-state index contributed by atoms with van der Waals surface area (Å²) >= 11 is 0. The first-order chi connectivity index (χ1) is 5.89. The highest BCUT2D eigenvalue weighted by atomic mass is 16.2. The summed E-state index contributed by atoms with van der Waals surface area (Å²) in [4.78, 5) is 11.5.